The van der Waals surface area contributed by atoms with Crippen LogP contribution >= 0.6 is 0 Å². The third-order valence-electron chi connectivity index (χ3n) is 3.17. The number of aromatic nitrogens is 3. The van der Waals surface area contributed by atoms with E-state index in [4.69, 9.17) is 4.74 Å². The molecule has 1 N–H and O–H groups in total. The van der Waals surface area contributed by atoms with Crippen molar-refractivity contribution in [3.8, 4) is 11.6 Å². The highest BCUT2D eigenvalue weighted by Gasteiger charge is 2.22. The monoisotopic (exact) mass is 286 g/mol. The van der Waals surface area contributed by atoms with Gasteiger partial charge < -0.3 is 10.1 Å². The molecule has 2 aromatic heterocycles. The second-order valence-electron chi connectivity index (χ2n) is 6.01. The first-order valence-electron chi connectivity index (χ1n) is 6.99. The molecule has 0 spiro atoms. The number of anilines is 1. The highest BCUT2D eigenvalue weighted by Crippen LogP contribution is 2.31. The van der Waals surface area contributed by atoms with Gasteiger partial charge in [0, 0.05) is 18.7 Å². The van der Waals surface area contributed by atoms with Crippen molar-refractivity contribution in [2.75, 3.05) is 12.4 Å². The van der Waals surface area contributed by atoms with Gasteiger partial charge in [-0.05, 0) is 26.0 Å². The highest BCUT2D eigenvalue weighted by molar-refractivity contribution is 5.50. The van der Waals surface area contributed by atoms with Crippen molar-refractivity contribution >= 4 is 5.82 Å². The lowest BCUT2D eigenvalue weighted by atomic mass is 9.95. The van der Waals surface area contributed by atoms with Gasteiger partial charge in [-0.1, -0.05) is 20.8 Å². The molecule has 0 bridgehead atoms. The first-order chi connectivity index (χ1) is 9.82. The number of ether oxygens (including phenoxy) is 1. The standard InChI is InChI=1S/C16H22N4O/c1-10-13(17-6)19-15(16(3,4)5)20-14(10)21-12-8-7-9-18-11(12)2/h7-9H,1-6H3,(H,17,19,20). The van der Waals surface area contributed by atoms with E-state index in [0.717, 1.165) is 22.9 Å². The molecular formula is C16H22N4O. The van der Waals surface area contributed by atoms with Crippen LogP contribution in [0, 0.1) is 13.8 Å². The Morgan fingerprint density at radius 1 is 1.14 bits per heavy atom. The quantitative estimate of drug-likeness (QED) is 0.933. The summed E-state index contributed by atoms with van der Waals surface area (Å²) in [5.41, 5.74) is 1.56. The lowest BCUT2D eigenvalue weighted by Gasteiger charge is -2.20. The first kappa shape index (κ1) is 15.2. The molecule has 0 saturated carbocycles. The van der Waals surface area contributed by atoms with Crippen molar-refractivity contribution < 1.29 is 4.74 Å². The molecule has 0 aliphatic carbocycles. The molecule has 5 nitrogen and oxygen atoms in total. The van der Waals surface area contributed by atoms with Crippen molar-refractivity contribution in [2.45, 2.75) is 40.0 Å². The van der Waals surface area contributed by atoms with Crippen molar-refractivity contribution in [1.29, 1.82) is 0 Å². The van der Waals surface area contributed by atoms with E-state index >= 15 is 0 Å². The van der Waals surface area contributed by atoms with Crippen LogP contribution in [0.25, 0.3) is 0 Å². The second kappa shape index (κ2) is 5.68. The number of pyridine rings is 1. The maximum Gasteiger partial charge on any atom is 0.227 e. The Morgan fingerprint density at radius 3 is 2.43 bits per heavy atom. The Bertz CT molecular complexity index is 647. The smallest absolute Gasteiger partial charge is 0.227 e. The fourth-order valence-electron chi connectivity index (χ4n) is 1.86. The Labute approximate surface area is 125 Å². The summed E-state index contributed by atoms with van der Waals surface area (Å²) in [5, 5.41) is 3.10. The van der Waals surface area contributed by atoms with Crippen molar-refractivity contribution in [2.24, 2.45) is 0 Å². The molecule has 2 aromatic rings. The predicted octanol–water partition coefficient (Wildman–Crippen LogP) is 3.62. The van der Waals surface area contributed by atoms with E-state index in [1.54, 1.807) is 6.20 Å². The molecule has 0 unspecified atom stereocenters. The zero-order valence-electron chi connectivity index (χ0n) is 13.5. The maximum absolute atomic E-state index is 5.96. The van der Waals surface area contributed by atoms with Crippen LogP contribution in [0.2, 0.25) is 0 Å². The predicted molar refractivity (Wildman–Crippen MR) is 84.1 cm³/mol. The van der Waals surface area contributed by atoms with E-state index in [-0.39, 0.29) is 5.41 Å². The molecule has 0 saturated heterocycles. The minimum Gasteiger partial charge on any atom is -0.437 e. The van der Waals surface area contributed by atoms with Gasteiger partial charge in [-0.3, -0.25) is 4.98 Å². The number of nitrogens with one attached hydrogen (secondary N) is 1. The summed E-state index contributed by atoms with van der Waals surface area (Å²) in [4.78, 5) is 13.4. The summed E-state index contributed by atoms with van der Waals surface area (Å²) < 4.78 is 5.96. The maximum atomic E-state index is 5.96. The number of hydrogen-bond donors (Lipinski definition) is 1. The van der Waals surface area contributed by atoms with E-state index in [2.05, 4.69) is 41.0 Å². The molecule has 0 amide bonds. The SMILES string of the molecule is CNc1nc(C(C)(C)C)nc(Oc2cccnc2C)c1C. The van der Waals surface area contributed by atoms with Gasteiger partial charge in [-0.2, -0.15) is 4.98 Å². The normalized spacial score (nSPS) is 11.3. The topological polar surface area (TPSA) is 59.9 Å². The van der Waals surface area contributed by atoms with E-state index in [0.29, 0.717) is 11.6 Å². The molecular weight excluding hydrogens is 264 g/mol. The molecule has 0 atom stereocenters. The number of nitrogens with zero attached hydrogens (tertiary/aromatic N) is 3. The van der Waals surface area contributed by atoms with E-state index in [9.17, 15) is 0 Å². The fraction of sp³-hybridized carbons (Fsp3) is 0.438. The Balaban J connectivity index is 2.50. The van der Waals surface area contributed by atoms with Crippen LogP contribution < -0.4 is 10.1 Å². The molecule has 0 radical (unpaired) electrons. The number of aryl methyl sites for hydroxylation is 1. The van der Waals surface area contributed by atoms with Gasteiger partial charge in [0.25, 0.3) is 0 Å². The lowest BCUT2D eigenvalue weighted by molar-refractivity contribution is 0.437. The van der Waals surface area contributed by atoms with Crippen LogP contribution in [0.5, 0.6) is 11.6 Å². The average molecular weight is 286 g/mol. The van der Waals surface area contributed by atoms with Crippen molar-refractivity contribution in [3.05, 3.63) is 35.4 Å². The molecule has 0 aromatic carbocycles. The van der Waals surface area contributed by atoms with Crippen LogP contribution in [-0.2, 0) is 5.41 Å². The van der Waals surface area contributed by atoms with Gasteiger partial charge >= 0.3 is 0 Å². The second-order valence-corrected chi connectivity index (χ2v) is 6.01. The van der Waals surface area contributed by atoms with Gasteiger partial charge in [0.05, 0.1) is 11.3 Å². The molecule has 0 fully saturated rings. The third kappa shape index (κ3) is 3.29. The Hall–Kier alpha value is -2.17. The number of rotatable bonds is 3. The van der Waals surface area contributed by atoms with Gasteiger partial charge in [0.1, 0.15) is 11.6 Å². The van der Waals surface area contributed by atoms with E-state index < -0.39 is 0 Å². The summed E-state index contributed by atoms with van der Waals surface area (Å²) in [6.45, 7) is 10.1. The molecule has 0 aliphatic rings. The Kier molecular flexibility index (Phi) is 4.11. The van der Waals surface area contributed by atoms with E-state index in [1.165, 1.54) is 0 Å². The molecule has 2 rings (SSSR count). The van der Waals surface area contributed by atoms with Crippen molar-refractivity contribution in [3.63, 3.8) is 0 Å². The highest BCUT2D eigenvalue weighted by atomic mass is 16.5. The molecule has 112 valence electrons. The lowest BCUT2D eigenvalue weighted by Crippen LogP contribution is -2.18. The van der Waals surface area contributed by atoms with Gasteiger partial charge in [-0.25, -0.2) is 4.98 Å². The summed E-state index contributed by atoms with van der Waals surface area (Å²) >= 11 is 0. The first-order valence-corrected chi connectivity index (χ1v) is 6.99. The van der Waals surface area contributed by atoms with Gasteiger partial charge in [-0.15, -0.1) is 0 Å². The summed E-state index contributed by atoms with van der Waals surface area (Å²) in [7, 11) is 1.85. The minimum atomic E-state index is -0.151. The van der Waals surface area contributed by atoms with Crippen molar-refractivity contribution in [1.82, 2.24) is 15.0 Å². The summed E-state index contributed by atoms with van der Waals surface area (Å²) in [6, 6.07) is 3.74. The minimum absolute atomic E-state index is 0.151. The molecule has 5 heteroatoms. The van der Waals surface area contributed by atoms with E-state index in [1.807, 2.05) is 33.0 Å². The van der Waals surface area contributed by atoms with Crippen LogP contribution in [0.1, 0.15) is 37.9 Å². The summed E-state index contributed by atoms with van der Waals surface area (Å²) in [6.07, 6.45) is 1.74. The third-order valence-corrected chi connectivity index (χ3v) is 3.17. The van der Waals surface area contributed by atoms with Crippen LogP contribution in [-0.4, -0.2) is 22.0 Å². The fourth-order valence-corrected chi connectivity index (χ4v) is 1.86. The zero-order chi connectivity index (χ0) is 15.6. The molecule has 2 heterocycles. The molecule has 0 aliphatic heterocycles. The van der Waals surface area contributed by atoms with Crippen LogP contribution in [0.4, 0.5) is 5.82 Å². The van der Waals surface area contributed by atoms with Crippen LogP contribution in [0.15, 0.2) is 18.3 Å². The van der Waals surface area contributed by atoms with Gasteiger partial charge in [0.15, 0.2) is 5.75 Å². The van der Waals surface area contributed by atoms with Crippen LogP contribution in [0.3, 0.4) is 0 Å². The molecule has 21 heavy (non-hydrogen) atoms. The average Bonchev–Trinajstić information content (AvgIpc) is 2.42. The summed E-state index contributed by atoms with van der Waals surface area (Å²) in [5.74, 6) is 2.80. The largest absolute Gasteiger partial charge is 0.437 e. The van der Waals surface area contributed by atoms with Gasteiger partial charge in [0.2, 0.25) is 5.88 Å². The zero-order valence-corrected chi connectivity index (χ0v) is 13.5. The number of hydrogen-bond acceptors (Lipinski definition) is 5. The Morgan fingerprint density at radius 2 is 1.86 bits per heavy atom.